The van der Waals surface area contributed by atoms with Crippen LogP contribution in [0.15, 0.2) is 36.4 Å². The minimum atomic E-state index is -0.950. The van der Waals surface area contributed by atoms with Crippen molar-refractivity contribution in [2.24, 2.45) is 5.92 Å². The Hall–Kier alpha value is -2.17. The molecule has 2 rings (SSSR count). The molecule has 0 aromatic heterocycles. The summed E-state index contributed by atoms with van der Waals surface area (Å²) >= 11 is 0. The van der Waals surface area contributed by atoms with Crippen LogP contribution in [-0.2, 0) is 9.59 Å². The first-order valence-electron chi connectivity index (χ1n) is 7.44. The minimum Gasteiger partial charge on any atom is -0.481 e. The number of halogens is 1. The van der Waals surface area contributed by atoms with Crippen molar-refractivity contribution in [3.8, 4) is 0 Å². The van der Waals surface area contributed by atoms with Crippen LogP contribution < -0.4 is 0 Å². The molecule has 5 heteroatoms. The van der Waals surface area contributed by atoms with Crippen LogP contribution >= 0.6 is 0 Å². The van der Waals surface area contributed by atoms with Crippen molar-refractivity contribution in [2.45, 2.75) is 25.7 Å². The Morgan fingerprint density at radius 2 is 2.14 bits per heavy atom. The average Bonchev–Trinajstić information content (AvgIpc) is 2.93. The van der Waals surface area contributed by atoms with Gasteiger partial charge in [-0.05, 0) is 24.1 Å². The highest BCUT2D eigenvalue weighted by atomic mass is 19.1. The molecule has 118 valence electrons. The van der Waals surface area contributed by atoms with Gasteiger partial charge in [0.1, 0.15) is 5.82 Å². The third kappa shape index (κ3) is 3.72. The second-order valence-electron chi connectivity index (χ2n) is 5.49. The Morgan fingerprint density at radius 3 is 2.77 bits per heavy atom. The average molecular weight is 305 g/mol. The number of carbonyl (C=O) groups excluding carboxylic acids is 1. The molecule has 0 saturated carbocycles. The maximum absolute atomic E-state index is 13.4. The summed E-state index contributed by atoms with van der Waals surface area (Å²) < 4.78 is 13.4. The number of carboxylic acid groups (broad SMARTS) is 1. The van der Waals surface area contributed by atoms with Crippen LogP contribution in [0, 0.1) is 11.7 Å². The van der Waals surface area contributed by atoms with Gasteiger partial charge >= 0.3 is 5.97 Å². The molecule has 0 unspecified atom stereocenters. The van der Waals surface area contributed by atoms with E-state index < -0.39 is 17.7 Å². The number of likely N-dealkylation sites (tertiary alicyclic amines) is 1. The fraction of sp³-hybridized carbons (Fsp3) is 0.412. The monoisotopic (exact) mass is 305 g/mol. The van der Waals surface area contributed by atoms with Crippen LogP contribution in [0.1, 0.15) is 31.2 Å². The van der Waals surface area contributed by atoms with E-state index in [1.165, 1.54) is 12.1 Å². The highest BCUT2D eigenvalue weighted by molar-refractivity contribution is 5.80. The van der Waals surface area contributed by atoms with E-state index in [-0.39, 0.29) is 24.8 Å². The van der Waals surface area contributed by atoms with Crippen LogP contribution in [0.4, 0.5) is 4.39 Å². The predicted octanol–water partition coefficient (Wildman–Crippen LogP) is 2.81. The smallest absolute Gasteiger partial charge is 0.308 e. The molecular formula is C17H20FNO3. The van der Waals surface area contributed by atoms with Gasteiger partial charge in [-0.15, -0.1) is 0 Å². The highest BCUT2D eigenvalue weighted by Gasteiger charge is 2.40. The van der Waals surface area contributed by atoms with Crippen molar-refractivity contribution in [1.29, 1.82) is 0 Å². The largest absolute Gasteiger partial charge is 0.481 e. The van der Waals surface area contributed by atoms with Crippen molar-refractivity contribution < 1.29 is 19.1 Å². The van der Waals surface area contributed by atoms with Crippen LogP contribution in [-0.4, -0.2) is 35.0 Å². The fourth-order valence-corrected chi connectivity index (χ4v) is 2.81. The van der Waals surface area contributed by atoms with E-state index >= 15 is 0 Å². The molecule has 1 aromatic carbocycles. The van der Waals surface area contributed by atoms with Crippen molar-refractivity contribution in [1.82, 2.24) is 4.90 Å². The second-order valence-corrected chi connectivity index (χ2v) is 5.49. The number of carboxylic acids is 1. The van der Waals surface area contributed by atoms with Crippen molar-refractivity contribution in [3.63, 3.8) is 0 Å². The quantitative estimate of drug-likeness (QED) is 0.851. The predicted molar refractivity (Wildman–Crippen MR) is 80.9 cm³/mol. The van der Waals surface area contributed by atoms with Gasteiger partial charge in [-0.3, -0.25) is 9.59 Å². The topological polar surface area (TPSA) is 57.6 Å². The molecule has 22 heavy (non-hydrogen) atoms. The van der Waals surface area contributed by atoms with E-state index in [9.17, 15) is 19.1 Å². The molecule has 2 atom stereocenters. The normalized spacial score (nSPS) is 21.5. The Bertz CT molecular complexity index is 585. The number of aliphatic carboxylic acids is 1. The second kappa shape index (κ2) is 7.20. The van der Waals surface area contributed by atoms with Gasteiger partial charge in [0, 0.05) is 25.4 Å². The molecule has 1 aliphatic heterocycles. The molecule has 1 amide bonds. The summed E-state index contributed by atoms with van der Waals surface area (Å²) in [4.78, 5) is 25.2. The molecule has 1 aromatic rings. The van der Waals surface area contributed by atoms with Crippen molar-refractivity contribution in [3.05, 3.63) is 47.8 Å². The molecular weight excluding hydrogens is 285 g/mol. The standard InChI is InChI=1S/C17H20FNO3/c1-2-3-4-8-16(20)19-10-14(15(11-19)17(21)22)12-6-5-7-13(18)9-12/h3-7,9,14-15H,2,8,10-11H2,1H3,(H,21,22)/b4-3+/t14-,15+/m0/s1. The molecule has 0 aliphatic carbocycles. The summed E-state index contributed by atoms with van der Waals surface area (Å²) in [6.45, 7) is 2.48. The lowest BCUT2D eigenvalue weighted by Crippen LogP contribution is -2.29. The maximum Gasteiger partial charge on any atom is 0.308 e. The highest BCUT2D eigenvalue weighted by Crippen LogP contribution is 2.33. The van der Waals surface area contributed by atoms with E-state index in [2.05, 4.69) is 0 Å². The Kier molecular flexibility index (Phi) is 5.31. The number of benzene rings is 1. The van der Waals surface area contributed by atoms with Gasteiger partial charge in [0.05, 0.1) is 5.92 Å². The van der Waals surface area contributed by atoms with E-state index in [0.29, 0.717) is 12.1 Å². The molecule has 1 fully saturated rings. The lowest BCUT2D eigenvalue weighted by molar-refractivity contribution is -0.141. The lowest BCUT2D eigenvalue weighted by atomic mass is 9.89. The summed E-state index contributed by atoms with van der Waals surface area (Å²) in [5, 5.41) is 9.38. The zero-order chi connectivity index (χ0) is 16.1. The van der Waals surface area contributed by atoms with Crippen LogP contribution in [0.5, 0.6) is 0 Å². The molecule has 0 radical (unpaired) electrons. The third-order valence-electron chi connectivity index (χ3n) is 3.96. The summed E-state index contributed by atoms with van der Waals surface area (Å²) in [5.41, 5.74) is 0.631. The SMILES string of the molecule is CC/C=C/CC(=O)N1C[C@@H](C(=O)O)[C@H](c2cccc(F)c2)C1. The number of hydrogen-bond acceptors (Lipinski definition) is 2. The zero-order valence-electron chi connectivity index (χ0n) is 12.5. The van der Waals surface area contributed by atoms with Gasteiger partial charge in [-0.25, -0.2) is 4.39 Å². The first-order chi connectivity index (χ1) is 10.5. The van der Waals surface area contributed by atoms with Crippen molar-refractivity contribution >= 4 is 11.9 Å². The molecule has 1 saturated heterocycles. The summed E-state index contributed by atoms with van der Waals surface area (Å²) in [6.07, 6.45) is 4.84. The van der Waals surface area contributed by atoms with Gasteiger partial charge in [-0.1, -0.05) is 31.2 Å². The van der Waals surface area contributed by atoms with Gasteiger partial charge in [0.15, 0.2) is 0 Å². The molecule has 0 spiro atoms. The first-order valence-corrected chi connectivity index (χ1v) is 7.44. The van der Waals surface area contributed by atoms with Crippen LogP contribution in [0.25, 0.3) is 0 Å². The zero-order valence-corrected chi connectivity index (χ0v) is 12.5. The number of amides is 1. The van der Waals surface area contributed by atoms with Gasteiger partial charge in [-0.2, -0.15) is 0 Å². The molecule has 4 nitrogen and oxygen atoms in total. The number of nitrogens with zero attached hydrogens (tertiary/aromatic N) is 1. The van der Waals surface area contributed by atoms with Gasteiger partial charge in [0.2, 0.25) is 5.91 Å². The van der Waals surface area contributed by atoms with Crippen molar-refractivity contribution in [2.75, 3.05) is 13.1 Å². The van der Waals surface area contributed by atoms with Gasteiger partial charge in [0.25, 0.3) is 0 Å². The van der Waals surface area contributed by atoms with Crippen LogP contribution in [0.2, 0.25) is 0 Å². The first kappa shape index (κ1) is 16.2. The fourth-order valence-electron chi connectivity index (χ4n) is 2.81. The lowest BCUT2D eigenvalue weighted by Gasteiger charge is -2.16. The number of carbonyl (C=O) groups is 2. The maximum atomic E-state index is 13.4. The van der Waals surface area contributed by atoms with Gasteiger partial charge < -0.3 is 10.0 Å². The van der Waals surface area contributed by atoms with E-state index in [1.54, 1.807) is 23.1 Å². The van der Waals surface area contributed by atoms with E-state index in [4.69, 9.17) is 0 Å². The Balaban J connectivity index is 2.14. The molecule has 1 aliphatic rings. The molecule has 0 bridgehead atoms. The summed E-state index contributed by atoms with van der Waals surface area (Å²) in [6, 6.07) is 5.96. The molecule has 1 N–H and O–H groups in total. The van der Waals surface area contributed by atoms with Crippen LogP contribution in [0.3, 0.4) is 0 Å². The van der Waals surface area contributed by atoms with E-state index in [1.807, 2.05) is 13.0 Å². The minimum absolute atomic E-state index is 0.0881. The summed E-state index contributed by atoms with van der Waals surface area (Å²) in [7, 11) is 0. The number of hydrogen-bond donors (Lipinski definition) is 1. The number of rotatable bonds is 5. The third-order valence-corrected chi connectivity index (χ3v) is 3.96. The Labute approximate surface area is 129 Å². The summed E-state index contributed by atoms with van der Waals surface area (Å²) in [5.74, 6) is -2.49. The van der Waals surface area contributed by atoms with E-state index in [0.717, 1.165) is 6.42 Å². The molecule has 1 heterocycles. The Morgan fingerprint density at radius 1 is 1.36 bits per heavy atom. The number of allylic oxidation sites excluding steroid dienone is 1.